The summed E-state index contributed by atoms with van der Waals surface area (Å²) in [6.07, 6.45) is 1.08. The van der Waals surface area contributed by atoms with Crippen LogP contribution in [0.25, 0.3) is 0 Å². The number of likely N-dealkylation sites (tertiary alicyclic amines) is 1. The zero-order valence-corrected chi connectivity index (χ0v) is 23.2. The van der Waals surface area contributed by atoms with Crippen LogP contribution >= 0.6 is 0 Å². The topological polar surface area (TPSA) is 93.2 Å². The van der Waals surface area contributed by atoms with E-state index in [1.165, 1.54) is 11.0 Å². The molecule has 2 aliphatic rings. The summed E-state index contributed by atoms with van der Waals surface area (Å²) in [6, 6.07) is 13.2. The lowest BCUT2D eigenvalue weighted by atomic mass is 9.83. The molecule has 9 heteroatoms. The molecule has 1 atom stereocenters. The highest BCUT2D eigenvalue weighted by molar-refractivity contribution is 5.96. The van der Waals surface area contributed by atoms with Crippen LogP contribution in [0.2, 0.25) is 0 Å². The minimum Gasteiger partial charge on any atom is -0.466 e. The first-order chi connectivity index (χ1) is 19.2. The van der Waals surface area contributed by atoms with Crippen molar-refractivity contribution in [3.05, 3.63) is 82.3 Å². The lowest BCUT2D eigenvalue weighted by Gasteiger charge is -2.34. The van der Waals surface area contributed by atoms with Crippen LogP contribution in [0.15, 0.2) is 59.8 Å². The average molecular weight is 551 g/mol. The quantitative estimate of drug-likeness (QED) is 0.447. The van der Waals surface area contributed by atoms with Crippen molar-refractivity contribution < 1.29 is 33.0 Å². The molecule has 1 fully saturated rings. The van der Waals surface area contributed by atoms with Crippen LogP contribution in [0.3, 0.4) is 0 Å². The van der Waals surface area contributed by atoms with Crippen LogP contribution in [0, 0.1) is 11.7 Å². The standard InChI is InChI=1S/C31H35FN2O6/c1-4-39-30(37)23-14-16-33(17-15-23)29(36)22-12-10-21(11-13-22)19-34-20(3)28(31(38)40-5-2)25(18-27(34)35)24-8-6-7-9-26(24)32/h6-13,23,25H,4-5,14-19H2,1-3H3. The van der Waals surface area contributed by atoms with E-state index in [9.17, 15) is 23.6 Å². The second-order valence-corrected chi connectivity index (χ2v) is 9.99. The molecule has 2 aromatic carbocycles. The van der Waals surface area contributed by atoms with Crippen molar-refractivity contribution in [3.8, 4) is 0 Å². The maximum Gasteiger partial charge on any atom is 0.336 e. The Hall–Kier alpha value is -4.01. The lowest BCUT2D eigenvalue weighted by Crippen LogP contribution is -2.40. The van der Waals surface area contributed by atoms with E-state index in [0.717, 1.165) is 5.56 Å². The summed E-state index contributed by atoms with van der Waals surface area (Å²) in [7, 11) is 0. The van der Waals surface area contributed by atoms with Crippen LogP contribution in [-0.2, 0) is 30.4 Å². The SMILES string of the molecule is CCOC(=O)C1=C(C)N(Cc2ccc(C(=O)N3CCC(C(=O)OCC)CC3)cc2)C(=O)CC1c1ccccc1F. The van der Waals surface area contributed by atoms with Gasteiger partial charge in [-0.15, -0.1) is 0 Å². The molecule has 0 radical (unpaired) electrons. The Kier molecular flexibility index (Phi) is 9.34. The Morgan fingerprint density at radius 3 is 2.23 bits per heavy atom. The third kappa shape index (κ3) is 6.24. The molecule has 0 aliphatic carbocycles. The number of piperidine rings is 1. The first-order valence-corrected chi connectivity index (χ1v) is 13.7. The highest BCUT2D eigenvalue weighted by atomic mass is 19.1. The third-order valence-electron chi connectivity index (χ3n) is 7.54. The first kappa shape index (κ1) is 29.0. The fraction of sp³-hybridized carbons (Fsp3) is 0.419. The lowest BCUT2D eigenvalue weighted by molar-refractivity contribution is -0.149. The molecule has 0 aromatic heterocycles. The smallest absolute Gasteiger partial charge is 0.336 e. The predicted octanol–water partition coefficient (Wildman–Crippen LogP) is 4.59. The highest BCUT2D eigenvalue weighted by Crippen LogP contribution is 2.38. The van der Waals surface area contributed by atoms with Gasteiger partial charge in [-0.3, -0.25) is 14.4 Å². The molecule has 2 aromatic rings. The van der Waals surface area contributed by atoms with Crippen molar-refractivity contribution in [1.82, 2.24) is 9.80 Å². The number of carbonyl (C=O) groups is 4. The van der Waals surface area contributed by atoms with E-state index in [4.69, 9.17) is 9.47 Å². The number of hydrogen-bond donors (Lipinski definition) is 0. The Labute approximate surface area is 233 Å². The Morgan fingerprint density at radius 2 is 1.60 bits per heavy atom. The number of nitrogens with zero attached hydrogens (tertiary/aromatic N) is 2. The van der Waals surface area contributed by atoms with Gasteiger partial charge in [-0.1, -0.05) is 30.3 Å². The number of carbonyl (C=O) groups excluding carboxylic acids is 4. The summed E-state index contributed by atoms with van der Waals surface area (Å²) < 4.78 is 25.1. The Morgan fingerprint density at radius 1 is 0.950 bits per heavy atom. The minimum atomic E-state index is -0.739. The largest absolute Gasteiger partial charge is 0.466 e. The molecule has 0 spiro atoms. The third-order valence-corrected chi connectivity index (χ3v) is 7.54. The molecular formula is C31H35FN2O6. The Balaban J connectivity index is 1.49. The molecule has 0 bridgehead atoms. The molecule has 0 N–H and O–H groups in total. The van der Waals surface area contributed by atoms with Gasteiger partial charge in [0.15, 0.2) is 0 Å². The number of esters is 2. The predicted molar refractivity (Wildman–Crippen MR) is 145 cm³/mol. The van der Waals surface area contributed by atoms with Crippen LogP contribution in [-0.4, -0.2) is 59.9 Å². The zero-order chi connectivity index (χ0) is 28.8. The second-order valence-electron chi connectivity index (χ2n) is 9.99. The summed E-state index contributed by atoms with van der Waals surface area (Å²) in [5.41, 5.74) is 2.27. The molecule has 8 nitrogen and oxygen atoms in total. The zero-order valence-electron chi connectivity index (χ0n) is 23.2. The number of amides is 2. The normalized spacial score (nSPS) is 18.1. The molecule has 2 amide bonds. The van der Waals surface area contributed by atoms with Crippen molar-refractivity contribution in [2.75, 3.05) is 26.3 Å². The molecular weight excluding hydrogens is 515 g/mol. The van der Waals surface area contributed by atoms with Gasteiger partial charge in [0.05, 0.1) is 31.2 Å². The van der Waals surface area contributed by atoms with E-state index >= 15 is 0 Å². The molecule has 40 heavy (non-hydrogen) atoms. The van der Waals surface area contributed by atoms with Gasteiger partial charge >= 0.3 is 11.9 Å². The van der Waals surface area contributed by atoms with Gasteiger partial charge in [0, 0.05) is 36.7 Å². The number of hydrogen-bond acceptors (Lipinski definition) is 6. The van der Waals surface area contributed by atoms with Crippen molar-refractivity contribution in [2.24, 2.45) is 5.92 Å². The van der Waals surface area contributed by atoms with Gasteiger partial charge in [-0.05, 0) is 62.9 Å². The first-order valence-electron chi connectivity index (χ1n) is 13.7. The van der Waals surface area contributed by atoms with Gasteiger partial charge in [0.25, 0.3) is 5.91 Å². The van der Waals surface area contributed by atoms with Crippen LogP contribution in [0.1, 0.15) is 67.4 Å². The van der Waals surface area contributed by atoms with E-state index in [1.807, 2.05) is 0 Å². The fourth-order valence-electron chi connectivity index (χ4n) is 5.40. The van der Waals surface area contributed by atoms with Gasteiger partial charge in [-0.25, -0.2) is 9.18 Å². The van der Waals surface area contributed by atoms with Crippen molar-refractivity contribution >= 4 is 23.8 Å². The van der Waals surface area contributed by atoms with Crippen molar-refractivity contribution in [3.63, 3.8) is 0 Å². The van der Waals surface area contributed by atoms with E-state index in [-0.39, 0.29) is 54.4 Å². The molecule has 0 saturated carbocycles. The number of ether oxygens (including phenoxy) is 2. The van der Waals surface area contributed by atoms with Crippen molar-refractivity contribution in [1.29, 1.82) is 0 Å². The molecule has 2 aliphatic heterocycles. The van der Waals surface area contributed by atoms with Gasteiger partial charge in [0.2, 0.25) is 5.91 Å². The summed E-state index contributed by atoms with van der Waals surface area (Å²) in [5, 5.41) is 0. The molecule has 1 saturated heterocycles. The molecule has 212 valence electrons. The summed E-state index contributed by atoms with van der Waals surface area (Å²) in [5.74, 6) is -2.52. The molecule has 4 rings (SSSR count). The molecule has 2 heterocycles. The monoisotopic (exact) mass is 550 g/mol. The number of rotatable bonds is 8. The fourth-order valence-corrected chi connectivity index (χ4v) is 5.40. The summed E-state index contributed by atoms with van der Waals surface area (Å²) in [4.78, 5) is 54.5. The van der Waals surface area contributed by atoms with E-state index in [0.29, 0.717) is 43.8 Å². The minimum absolute atomic E-state index is 0.0647. The highest BCUT2D eigenvalue weighted by Gasteiger charge is 2.38. The second kappa shape index (κ2) is 12.9. The van der Waals surface area contributed by atoms with Crippen molar-refractivity contribution in [2.45, 2.75) is 52.5 Å². The maximum absolute atomic E-state index is 14.7. The van der Waals surface area contributed by atoms with Gasteiger partial charge in [0.1, 0.15) is 5.82 Å². The van der Waals surface area contributed by atoms with Gasteiger partial charge < -0.3 is 19.3 Å². The molecule has 1 unspecified atom stereocenters. The average Bonchev–Trinajstić information content (AvgIpc) is 2.95. The van der Waals surface area contributed by atoms with E-state index in [1.54, 1.807) is 68.1 Å². The van der Waals surface area contributed by atoms with Crippen LogP contribution in [0.4, 0.5) is 4.39 Å². The van der Waals surface area contributed by atoms with E-state index in [2.05, 4.69) is 0 Å². The number of halogens is 1. The number of allylic oxidation sites excluding steroid dienone is 1. The van der Waals surface area contributed by atoms with Gasteiger partial charge in [-0.2, -0.15) is 0 Å². The van der Waals surface area contributed by atoms with Crippen LogP contribution < -0.4 is 0 Å². The summed E-state index contributed by atoms with van der Waals surface area (Å²) in [6.45, 7) is 6.81. The maximum atomic E-state index is 14.7. The van der Waals surface area contributed by atoms with Crippen LogP contribution in [0.5, 0.6) is 0 Å². The van der Waals surface area contributed by atoms with E-state index < -0.39 is 17.7 Å². The summed E-state index contributed by atoms with van der Waals surface area (Å²) >= 11 is 0. The number of benzene rings is 2. The Bertz CT molecular complexity index is 1300.